The van der Waals surface area contributed by atoms with E-state index in [0.717, 1.165) is 11.5 Å². The Balaban J connectivity index is 2.54. The summed E-state index contributed by atoms with van der Waals surface area (Å²) < 4.78 is 0. The SMILES string of the molecule is c1[nH]nc2c1CSC2. The van der Waals surface area contributed by atoms with Gasteiger partial charge in [0.2, 0.25) is 0 Å². The molecule has 0 radical (unpaired) electrons. The number of nitrogens with zero attached hydrogens (tertiary/aromatic N) is 1. The molecule has 0 atom stereocenters. The van der Waals surface area contributed by atoms with Crippen LogP contribution in [0.25, 0.3) is 0 Å². The minimum absolute atomic E-state index is 1.10. The highest BCUT2D eigenvalue weighted by molar-refractivity contribution is 7.98. The Bertz CT molecular complexity index is 176. The summed E-state index contributed by atoms with van der Waals surface area (Å²) in [5.74, 6) is 2.24. The lowest BCUT2D eigenvalue weighted by molar-refractivity contribution is 1.04. The van der Waals surface area contributed by atoms with E-state index < -0.39 is 0 Å². The van der Waals surface area contributed by atoms with Crippen molar-refractivity contribution in [3.63, 3.8) is 0 Å². The molecule has 2 rings (SSSR count). The van der Waals surface area contributed by atoms with Crippen LogP contribution >= 0.6 is 11.8 Å². The third-order valence-electron chi connectivity index (χ3n) is 1.31. The van der Waals surface area contributed by atoms with E-state index in [1.165, 1.54) is 11.3 Å². The maximum absolute atomic E-state index is 4.05. The Morgan fingerprint density at radius 1 is 1.62 bits per heavy atom. The summed E-state index contributed by atoms with van der Waals surface area (Å²) in [5.41, 5.74) is 2.63. The fourth-order valence-corrected chi connectivity index (χ4v) is 1.87. The normalized spacial score (nSPS) is 16.5. The van der Waals surface area contributed by atoms with E-state index in [9.17, 15) is 0 Å². The topological polar surface area (TPSA) is 28.7 Å². The minimum Gasteiger partial charge on any atom is -0.285 e. The zero-order valence-electron chi connectivity index (χ0n) is 4.35. The number of aromatic amines is 1. The molecule has 42 valence electrons. The number of thioether (sulfide) groups is 1. The molecule has 2 heterocycles. The molecule has 1 aromatic heterocycles. The first-order valence-corrected chi connectivity index (χ1v) is 3.71. The molecule has 1 N–H and O–H groups in total. The van der Waals surface area contributed by atoms with Crippen molar-refractivity contribution in [3.8, 4) is 0 Å². The molecule has 0 saturated carbocycles. The number of rotatable bonds is 0. The third-order valence-corrected chi connectivity index (χ3v) is 2.30. The number of hydrogen-bond acceptors (Lipinski definition) is 2. The molecule has 0 saturated heterocycles. The fourth-order valence-electron chi connectivity index (χ4n) is 0.851. The second-order valence-electron chi connectivity index (χ2n) is 1.85. The molecule has 1 aliphatic heterocycles. The van der Waals surface area contributed by atoms with Crippen LogP contribution in [0.2, 0.25) is 0 Å². The van der Waals surface area contributed by atoms with Crippen molar-refractivity contribution in [3.05, 3.63) is 17.5 Å². The fraction of sp³-hybridized carbons (Fsp3) is 0.400. The number of fused-ring (bicyclic) bond motifs is 1. The monoisotopic (exact) mass is 126 g/mol. The van der Waals surface area contributed by atoms with Crippen molar-refractivity contribution in [1.29, 1.82) is 0 Å². The summed E-state index contributed by atoms with van der Waals surface area (Å²) in [4.78, 5) is 0. The molecule has 1 aliphatic rings. The predicted octanol–water partition coefficient (Wildman–Crippen LogP) is 1.16. The number of H-pyrrole nitrogens is 1. The quantitative estimate of drug-likeness (QED) is 0.565. The summed E-state index contributed by atoms with van der Waals surface area (Å²) >= 11 is 1.93. The zero-order valence-corrected chi connectivity index (χ0v) is 5.16. The van der Waals surface area contributed by atoms with Crippen molar-refractivity contribution < 1.29 is 0 Å². The van der Waals surface area contributed by atoms with E-state index in [2.05, 4.69) is 10.2 Å². The van der Waals surface area contributed by atoms with Crippen LogP contribution in [0.1, 0.15) is 11.3 Å². The molecule has 0 bridgehead atoms. The van der Waals surface area contributed by atoms with Crippen molar-refractivity contribution in [1.82, 2.24) is 10.2 Å². The van der Waals surface area contributed by atoms with Crippen molar-refractivity contribution >= 4 is 11.8 Å². The number of hydrogen-bond donors (Lipinski definition) is 1. The Morgan fingerprint density at radius 2 is 2.62 bits per heavy atom. The van der Waals surface area contributed by atoms with Crippen LogP contribution in [0.4, 0.5) is 0 Å². The van der Waals surface area contributed by atoms with Gasteiger partial charge >= 0.3 is 0 Å². The highest BCUT2D eigenvalue weighted by Gasteiger charge is 2.11. The van der Waals surface area contributed by atoms with Crippen LogP contribution in [-0.2, 0) is 11.5 Å². The van der Waals surface area contributed by atoms with E-state index in [0.29, 0.717) is 0 Å². The maximum Gasteiger partial charge on any atom is 0.0761 e. The summed E-state index contributed by atoms with van der Waals surface area (Å²) in [5, 5.41) is 6.89. The molecule has 0 spiro atoms. The van der Waals surface area contributed by atoms with Gasteiger partial charge in [0.05, 0.1) is 5.69 Å². The Hall–Kier alpha value is -0.440. The number of nitrogens with one attached hydrogen (secondary N) is 1. The van der Waals surface area contributed by atoms with Gasteiger partial charge in [-0.1, -0.05) is 0 Å². The molecule has 8 heavy (non-hydrogen) atoms. The van der Waals surface area contributed by atoms with Gasteiger partial charge in [0.15, 0.2) is 0 Å². The molecule has 0 aliphatic carbocycles. The second-order valence-corrected chi connectivity index (χ2v) is 2.84. The number of aromatic nitrogens is 2. The largest absolute Gasteiger partial charge is 0.285 e. The summed E-state index contributed by atoms with van der Waals surface area (Å²) in [7, 11) is 0. The second kappa shape index (κ2) is 1.52. The average molecular weight is 126 g/mol. The van der Waals surface area contributed by atoms with Crippen molar-refractivity contribution in [2.75, 3.05) is 0 Å². The van der Waals surface area contributed by atoms with Gasteiger partial charge in [0.25, 0.3) is 0 Å². The lowest BCUT2D eigenvalue weighted by atomic mass is 10.3. The smallest absolute Gasteiger partial charge is 0.0761 e. The van der Waals surface area contributed by atoms with E-state index in [4.69, 9.17) is 0 Å². The summed E-state index contributed by atoms with van der Waals surface area (Å²) in [6.07, 6.45) is 1.98. The molecule has 0 aromatic carbocycles. The van der Waals surface area contributed by atoms with Gasteiger partial charge in [-0.2, -0.15) is 16.9 Å². The van der Waals surface area contributed by atoms with E-state index in [-0.39, 0.29) is 0 Å². The van der Waals surface area contributed by atoms with Gasteiger partial charge < -0.3 is 0 Å². The van der Waals surface area contributed by atoms with Gasteiger partial charge in [-0.15, -0.1) is 0 Å². The standard InChI is InChI=1S/C5H6N2S/c1-4-2-8-3-5(4)7-6-1/h1H,2-3H2,(H,6,7). The summed E-state index contributed by atoms with van der Waals surface area (Å²) in [6, 6.07) is 0. The zero-order chi connectivity index (χ0) is 5.40. The van der Waals surface area contributed by atoms with Gasteiger partial charge in [0.1, 0.15) is 0 Å². The molecule has 2 nitrogen and oxygen atoms in total. The van der Waals surface area contributed by atoms with E-state index in [1.54, 1.807) is 0 Å². The molecule has 0 amide bonds. The van der Waals surface area contributed by atoms with Crippen LogP contribution in [-0.4, -0.2) is 10.2 Å². The first-order valence-electron chi connectivity index (χ1n) is 2.56. The van der Waals surface area contributed by atoms with Crippen LogP contribution in [0.15, 0.2) is 6.20 Å². The highest BCUT2D eigenvalue weighted by atomic mass is 32.2. The Labute approximate surface area is 51.7 Å². The lowest BCUT2D eigenvalue weighted by Crippen LogP contribution is -1.74. The minimum atomic E-state index is 1.10. The first kappa shape index (κ1) is 4.44. The van der Waals surface area contributed by atoms with Gasteiger partial charge in [-0.3, -0.25) is 5.10 Å². The van der Waals surface area contributed by atoms with Gasteiger partial charge in [-0.25, -0.2) is 0 Å². The molecular weight excluding hydrogens is 120 g/mol. The lowest BCUT2D eigenvalue weighted by Gasteiger charge is -1.77. The van der Waals surface area contributed by atoms with Gasteiger partial charge in [0, 0.05) is 23.3 Å². The van der Waals surface area contributed by atoms with E-state index in [1.807, 2.05) is 18.0 Å². The molecule has 0 unspecified atom stereocenters. The van der Waals surface area contributed by atoms with Crippen LogP contribution < -0.4 is 0 Å². The van der Waals surface area contributed by atoms with Crippen LogP contribution in [0, 0.1) is 0 Å². The maximum atomic E-state index is 4.05. The first-order chi connectivity index (χ1) is 3.97. The van der Waals surface area contributed by atoms with Crippen LogP contribution in [0.5, 0.6) is 0 Å². The van der Waals surface area contributed by atoms with Gasteiger partial charge in [-0.05, 0) is 0 Å². The average Bonchev–Trinajstić information content (AvgIpc) is 2.15. The Kier molecular flexibility index (Phi) is 0.842. The van der Waals surface area contributed by atoms with Crippen LogP contribution in [0.3, 0.4) is 0 Å². The highest BCUT2D eigenvalue weighted by Crippen LogP contribution is 2.26. The predicted molar refractivity (Wildman–Crippen MR) is 33.6 cm³/mol. The van der Waals surface area contributed by atoms with Crippen molar-refractivity contribution in [2.24, 2.45) is 0 Å². The Morgan fingerprint density at radius 3 is 3.50 bits per heavy atom. The molecule has 0 fully saturated rings. The van der Waals surface area contributed by atoms with Crippen molar-refractivity contribution in [2.45, 2.75) is 11.5 Å². The third kappa shape index (κ3) is 0.478. The molecular formula is C5H6N2S. The van der Waals surface area contributed by atoms with E-state index >= 15 is 0 Å². The summed E-state index contributed by atoms with van der Waals surface area (Å²) in [6.45, 7) is 0. The molecule has 1 aromatic rings. The molecule has 3 heteroatoms.